The summed E-state index contributed by atoms with van der Waals surface area (Å²) in [7, 11) is 0. The van der Waals surface area contributed by atoms with Crippen LogP contribution in [0.3, 0.4) is 0 Å². The second kappa shape index (κ2) is 5.83. The molecule has 1 aromatic rings. The molecule has 1 saturated carbocycles. The van der Waals surface area contributed by atoms with E-state index in [1.54, 1.807) is 0 Å². The Hall–Kier alpha value is -0.900. The van der Waals surface area contributed by atoms with Gasteiger partial charge in [0.05, 0.1) is 4.47 Å². The Morgan fingerprint density at radius 3 is 2.89 bits per heavy atom. The van der Waals surface area contributed by atoms with Crippen molar-refractivity contribution in [3.8, 4) is 0 Å². The molecule has 0 bridgehead atoms. The normalized spacial score (nSPS) is 23.1. The molecule has 0 heterocycles. The average Bonchev–Trinajstić information content (AvgIpc) is 2.75. The molecule has 0 saturated heterocycles. The highest BCUT2D eigenvalue weighted by molar-refractivity contribution is 9.10. The zero-order valence-electron chi connectivity index (χ0n) is 10.4. The molecule has 1 aromatic carbocycles. The van der Waals surface area contributed by atoms with Gasteiger partial charge in [-0.15, -0.1) is 0 Å². The Kier molecular flexibility index (Phi) is 4.38. The minimum atomic E-state index is -0.351. The monoisotopic (exact) mass is 313 g/mol. The number of rotatable bonds is 3. The van der Waals surface area contributed by atoms with Gasteiger partial charge in [-0.1, -0.05) is 19.8 Å². The van der Waals surface area contributed by atoms with E-state index in [0.29, 0.717) is 21.9 Å². The van der Waals surface area contributed by atoms with Crippen molar-refractivity contribution in [2.45, 2.75) is 26.2 Å². The summed E-state index contributed by atoms with van der Waals surface area (Å²) in [6.07, 6.45) is 3.70. The fourth-order valence-electron chi connectivity index (χ4n) is 2.49. The number of benzene rings is 1. The zero-order chi connectivity index (χ0) is 13.1. The Morgan fingerprint density at radius 1 is 1.50 bits per heavy atom. The fourth-order valence-corrected chi connectivity index (χ4v) is 2.87. The third-order valence-electron chi connectivity index (χ3n) is 3.75. The SMILES string of the molecule is CC1CCCC1CNC(=O)c1ccc(F)c(Br)c1. The number of nitrogens with one attached hydrogen (secondary N) is 1. The van der Waals surface area contributed by atoms with Crippen LogP contribution in [0.4, 0.5) is 4.39 Å². The Labute approximate surface area is 115 Å². The van der Waals surface area contributed by atoms with Gasteiger partial charge in [-0.3, -0.25) is 4.79 Å². The summed E-state index contributed by atoms with van der Waals surface area (Å²) >= 11 is 3.09. The van der Waals surface area contributed by atoms with Crippen molar-refractivity contribution in [2.75, 3.05) is 6.54 Å². The molecule has 0 radical (unpaired) electrons. The van der Waals surface area contributed by atoms with Crippen molar-refractivity contribution in [3.63, 3.8) is 0 Å². The minimum Gasteiger partial charge on any atom is -0.352 e. The lowest BCUT2D eigenvalue weighted by Gasteiger charge is -2.15. The zero-order valence-corrected chi connectivity index (χ0v) is 12.0. The Morgan fingerprint density at radius 2 is 2.28 bits per heavy atom. The molecule has 1 aliphatic carbocycles. The molecule has 1 aliphatic rings. The van der Waals surface area contributed by atoms with E-state index in [1.807, 2.05) is 0 Å². The van der Waals surface area contributed by atoms with Gasteiger partial charge in [0, 0.05) is 12.1 Å². The quantitative estimate of drug-likeness (QED) is 0.904. The van der Waals surface area contributed by atoms with Gasteiger partial charge >= 0.3 is 0 Å². The molecular weight excluding hydrogens is 297 g/mol. The summed E-state index contributed by atoms with van der Waals surface area (Å²) < 4.78 is 13.4. The standard InChI is InChI=1S/C14H17BrFNO/c1-9-3-2-4-11(9)8-17-14(18)10-5-6-13(16)12(15)7-10/h5-7,9,11H,2-4,8H2,1H3,(H,17,18). The molecule has 1 amide bonds. The maximum Gasteiger partial charge on any atom is 0.251 e. The molecule has 18 heavy (non-hydrogen) atoms. The first kappa shape index (κ1) is 13.5. The third kappa shape index (κ3) is 3.10. The molecule has 2 nitrogen and oxygen atoms in total. The fraction of sp³-hybridized carbons (Fsp3) is 0.500. The van der Waals surface area contributed by atoms with E-state index in [9.17, 15) is 9.18 Å². The summed E-state index contributed by atoms with van der Waals surface area (Å²) in [6.45, 7) is 2.95. The molecule has 1 fully saturated rings. The van der Waals surface area contributed by atoms with Crippen molar-refractivity contribution < 1.29 is 9.18 Å². The molecular formula is C14H17BrFNO. The lowest BCUT2D eigenvalue weighted by atomic mass is 9.98. The van der Waals surface area contributed by atoms with E-state index in [2.05, 4.69) is 28.2 Å². The van der Waals surface area contributed by atoms with Crippen LogP contribution in [0, 0.1) is 17.7 Å². The summed E-state index contributed by atoms with van der Waals surface area (Å²) in [5.41, 5.74) is 0.494. The van der Waals surface area contributed by atoms with Crippen molar-refractivity contribution in [1.82, 2.24) is 5.32 Å². The van der Waals surface area contributed by atoms with E-state index >= 15 is 0 Å². The molecule has 98 valence electrons. The Balaban J connectivity index is 1.93. The summed E-state index contributed by atoms with van der Waals surface area (Å²) in [4.78, 5) is 11.9. The highest BCUT2D eigenvalue weighted by atomic mass is 79.9. The first-order valence-electron chi connectivity index (χ1n) is 6.31. The van der Waals surface area contributed by atoms with Gasteiger partial charge in [0.15, 0.2) is 0 Å². The molecule has 0 aromatic heterocycles. The topological polar surface area (TPSA) is 29.1 Å². The summed E-state index contributed by atoms with van der Waals surface area (Å²) in [6, 6.07) is 4.33. The lowest BCUT2D eigenvalue weighted by Crippen LogP contribution is -2.30. The van der Waals surface area contributed by atoms with Crippen LogP contribution >= 0.6 is 15.9 Å². The van der Waals surface area contributed by atoms with Gasteiger partial charge in [-0.25, -0.2) is 4.39 Å². The van der Waals surface area contributed by atoms with E-state index < -0.39 is 0 Å². The van der Waals surface area contributed by atoms with Gasteiger partial charge in [-0.05, 0) is 52.4 Å². The van der Waals surface area contributed by atoms with Crippen molar-refractivity contribution in [3.05, 3.63) is 34.1 Å². The predicted molar refractivity (Wildman–Crippen MR) is 72.9 cm³/mol. The second-order valence-electron chi connectivity index (χ2n) is 5.01. The van der Waals surface area contributed by atoms with Crippen LogP contribution in [0.15, 0.2) is 22.7 Å². The number of hydrogen-bond donors (Lipinski definition) is 1. The average molecular weight is 314 g/mol. The maximum atomic E-state index is 13.1. The minimum absolute atomic E-state index is 0.130. The smallest absolute Gasteiger partial charge is 0.251 e. The van der Waals surface area contributed by atoms with Crippen molar-refractivity contribution >= 4 is 21.8 Å². The van der Waals surface area contributed by atoms with Crippen LogP contribution in [0.2, 0.25) is 0 Å². The van der Waals surface area contributed by atoms with E-state index in [1.165, 1.54) is 37.5 Å². The van der Waals surface area contributed by atoms with Gasteiger partial charge in [-0.2, -0.15) is 0 Å². The van der Waals surface area contributed by atoms with Gasteiger partial charge in [0.2, 0.25) is 0 Å². The highest BCUT2D eigenvalue weighted by Gasteiger charge is 2.23. The molecule has 0 aliphatic heterocycles. The Bertz CT molecular complexity index is 449. The largest absolute Gasteiger partial charge is 0.352 e. The molecule has 2 unspecified atom stereocenters. The van der Waals surface area contributed by atoms with Gasteiger partial charge < -0.3 is 5.32 Å². The van der Waals surface area contributed by atoms with Gasteiger partial charge in [0.25, 0.3) is 5.91 Å². The van der Waals surface area contributed by atoms with Crippen molar-refractivity contribution in [1.29, 1.82) is 0 Å². The van der Waals surface area contributed by atoms with Gasteiger partial charge in [0.1, 0.15) is 5.82 Å². The first-order chi connectivity index (χ1) is 8.58. The summed E-state index contributed by atoms with van der Waals surface area (Å²) in [5.74, 6) is 0.786. The van der Waals surface area contributed by atoms with E-state index in [4.69, 9.17) is 0 Å². The maximum absolute atomic E-state index is 13.1. The van der Waals surface area contributed by atoms with E-state index in [-0.39, 0.29) is 11.7 Å². The lowest BCUT2D eigenvalue weighted by molar-refractivity contribution is 0.0944. The molecule has 2 atom stereocenters. The van der Waals surface area contributed by atoms with Crippen LogP contribution in [0.25, 0.3) is 0 Å². The molecule has 1 N–H and O–H groups in total. The van der Waals surface area contributed by atoms with Crippen LogP contribution in [0.1, 0.15) is 36.5 Å². The number of halogens is 2. The molecule has 2 rings (SSSR count). The van der Waals surface area contributed by atoms with Crippen molar-refractivity contribution in [2.24, 2.45) is 11.8 Å². The van der Waals surface area contributed by atoms with Crippen LogP contribution in [0.5, 0.6) is 0 Å². The van der Waals surface area contributed by atoms with E-state index in [0.717, 1.165) is 6.54 Å². The molecule has 4 heteroatoms. The second-order valence-corrected chi connectivity index (χ2v) is 5.86. The number of hydrogen-bond acceptors (Lipinski definition) is 1. The van der Waals surface area contributed by atoms with Crippen LogP contribution < -0.4 is 5.32 Å². The van der Waals surface area contributed by atoms with Crippen LogP contribution in [-0.4, -0.2) is 12.5 Å². The summed E-state index contributed by atoms with van der Waals surface area (Å²) in [5, 5.41) is 2.94. The third-order valence-corrected chi connectivity index (χ3v) is 4.35. The first-order valence-corrected chi connectivity index (χ1v) is 7.10. The number of carbonyl (C=O) groups is 1. The number of carbonyl (C=O) groups excluding carboxylic acids is 1. The molecule has 0 spiro atoms. The highest BCUT2D eigenvalue weighted by Crippen LogP contribution is 2.30. The predicted octanol–water partition coefficient (Wildman–Crippen LogP) is 3.75. The number of amides is 1. The van der Waals surface area contributed by atoms with Crippen LogP contribution in [-0.2, 0) is 0 Å².